The Morgan fingerprint density at radius 3 is 1.40 bits per heavy atom. The van der Waals surface area contributed by atoms with Gasteiger partial charge < -0.3 is 122 Å². The number of nitrogens with one attached hydrogen (secondary N) is 2. The molecule has 6 saturated heterocycles. The third-order valence-electron chi connectivity index (χ3n) is 17.5. The summed E-state index contributed by atoms with van der Waals surface area (Å²) in [6.45, 7) is 8.02. The van der Waals surface area contributed by atoms with Crippen LogP contribution >= 0.6 is 29.2 Å². The summed E-state index contributed by atoms with van der Waals surface area (Å²) in [5, 5.41) is 21.0. The number of hydrogen-bond acceptors (Lipinski definition) is 34. The van der Waals surface area contributed by atoms with Gasteiger partial charge in [0.15, 0.2) is 89.9 Å². The molecule has 106 heavy (non-hydrogen) atoms. The van der Waals surface area contributed by atoms with E-state index in [0.29, 0.717) is 0 Å². The molecule has 14 rings (SSSR count). The Hall–Kier alpha value is -3.81. The molecule has 52 heteroatoms. The van der Waals surface area contributed by atoms with Gasteiger partial charge in [0.05, 0.1) is 51.7 Å². The Morgan fingerprint density at radius 1 is 0.566 bits per heavy atom. The molecule has 0 radical (unpaired) electrons. The normalized spacial score (nSPS) is 33.4. The number of phosphoric acid groups is 2. The number of rotatable bonds is 10. The maximum Gasteiger partial charge on any atom is 1.00 e. The molecule has 8 aromatic rings. The van der Waals surface area contributed by atoms with E-state index in [0.717, 1.165) is 57.7 Å². The number of H-pyrrole nitrogens is 2. The summed E-state index contributed by atoms with van der Waals surface area (Å²) in [6.07, 6.45) is -19.1. The number of aromatic amines is 2. The molecule has 20 atom stereocenters. The minimum Gasteiger partial charge on any atom is -1.00 e. The van der Waals surface area contributed by atoms with Gasteiger partial charge in [0.1, 0.15) is 95.5 Å². The number of ether oxygens (including phenoxy) is 4. The van der Waals surface area contributed by atoms with Crippen LogP contribution < -0.4 is 86.6 Å². The Balaban J connectivity index is 0.000000248. The molecule has 6 aliphatic heterocycles. The van der Waals surface area contributed by atoms with Crippen molar-refractivity contribution < 1.29 is 173 Å². The van der Waals surface area contributed by atoms with Crippen LogP contribution in [0.15, 0.2) is 59.9 Å². The molecule has 576 valence electrons. The molecule has 0 aliphatic carbocycles. The van der Waals surface area contributed by atoms with Gasteiger partial charge in [-0.1, -0.05) is 41.5 Å². The Morgan fingerprint density at radius 2 is 0.962 bits per heavy atom. The monoisotopic (exact) mass is 1640 g/mol. The van der Waals surface area contributed by atoms with E-state index < -0.39 is 187 Å². The molecule has 14 heterocycles. The second kappa shape index (κ2) is 35.9. The zero-order valence-electron chi connectivity index (χ0n) is 59.6. The number of halogens is 4. The summed E-state index contributed by atoms with van der Waals surface area (Å²) >= 11 is 10.1. The van der Waals surface area contributed by atoms with E-state index in [1.54, 1.807) is 0 Å². The van der Waals surface area contributed by atoms with Gasteiger partial charge in [-0.25, -0.2) is 62.0 Å². The van der Waals surface area contributed by atoms with Crippen molar-refractivity contribution in [1.29, 1.82) is 0 Å². The van der Waals surface area contributed by atoms with E-state index in [1.807, 2.05) is 0 Å². The van der Waals surface area contributed by atoms with Crippen molar-refractivity contribution in [1.82, 2.24) is 77.9 Å². The fraction of sp³-hybridized carbons (Fsp3) is 0.593. The Bertz CT molecular complexity index is 4410. The van der Waals surface area contributed by atoms with E-state index in [2.05, 4.69) is 101 Å². The van der Waals surface area contributed by atoms with Crippen LogP contribution in [0.4, 0.5) is 29.2 Å². The largest absolute Gasteiger partial charge is 1.00 e. The number of anilines is 2. The fourth-order valence-electron chi connectivity index (χ4n) is 12.1. The van der Waals surface area contributed by atoms with Crippen molar-refractivity contribution in [2.45, 2.75) is 140 Å². The van der Waals surface area contributed by atoms with Crippen molar-refractivity contribution in [3.05, 3.63) is 82.7 Å². The first-order chi connectivity index (χ1) is 49.4. The van der Waals surface area contributed by atoms with E-state index >= 15 is 8.78 Å². The van der Waals surface area contributed by atoms with Crippen molar-refractivity contribution in [3.63, 3.8) is 0 Å². The number of nitrogens with zero attached hydrogens (tertiary/aromatic N) is 14. The molecular formula is C54H74F4N18Na2O22P4S2-2. The van der Waals surface area contributed by atoms with E-state index in [4.69, 9.17) is 90.7 Å². The number of hydrogen-bond donors (Lipinski definition) is 8. The first kappa shape index (κ1) is 86.2. The first-order valence-corrected chi connectivity index (χ1v) is 40.1. The average molecular weight is 1640 g/mol. The second-order valence-corrected chi connectivity index (χ2v) is 31.7. The summed E-state index contributed by atoms with van der Waals surface area (Å²) in [7, 11) is -10.6. The molecule has 4 unspecified atom stereocenters. The van der Waals surface area contributed by atoms with Gasteiger partial charge in [-0.2, -0.15) is 0 Å². The average Bonchev–Trinajstić information content (AvgIpc) is 2.21. The molecule has 4 bridgehead atoms. The summed E-state index contributed by atoms with van der Waals surface area (Å²) in [4.78, 5) is 99.8. The van der Waals surface area contributed by atoms with E-state index in [9.17, 15) is 57.0 Å². The third-order valence-corrected chi connectivity index (χ3v) is 22.5. The first-order valence-electron chi connectivity index (χ1n) is 32.0. The van der Waals surface area contributed by atoms with Crippen LogP contribution in [0.5, 0.6) is 0 Å². The molecule has 8 aromatic heterocycles. The standard InChI is InChI=1S/2C21H22F2N8O11P2S.2C6H15N.2Na.2H/c2*22-7-1-30(17-10(7)19(33)28-5-26-17)21-15-13(32)8(39-21)2-38-44(36,45)42-14-9(3-37-43(34,35)41-15)40-20(11(14)23)31-6-29-12-16(24)25-4-27-18(12)31;2*1-4-7(5-2)6-3;;;;/h2*1,4-6,8-9,11,13-15,20-21,32H,2-3H2,(H,34,35)(H,36,45)(H2,24,25,27)(H,26,28,33);2*4-6H2,1-3H3;;;;/q;;;;2*+1;2*-1/p-2/t2*8-,9-,11-,13-,14-,15-,20-,21-,44?;;;;;;/m11....../s1. The minimum absolute atomic E-state index is 0. The van der Waals surface area contributed by atoms with E-state index in [-0.39, 0.29) is 107 Å². The molecule has 40 nitrogen and oxygen atoms in total. The Labute approximate surface area is 655 Å². The number of phosphoric ester groups is 2. The fourth-order valence-corrected chi connectivity index (χ4v) is 16.8. The number of imidazole rings is 2. The molecule has 0 saturated carbocycles. The summed E-state index contributed by atoms with van der Waals surface area (Å²) < 4.78 is 170. The van der Waals surface area contributed by atoms with Gasteiger partial charge in [0, 0.05) is 12.4 Å². The number of aliphatic hydroxyl groups is 2. The van der Waals surface area contributed by atoms with Gasteiger partial charge >= 0.3 is 73.7 Å². The van der Waals surface area contributed by atoms with Gasteiger partial charge in [-0.15, -0.1) is 0 Å². The number of aromatic nitrogens is 14. The Kier molecular flexibility index (Phi) is 29.2. The van der Waals surface area contributed by atoms with Gasteiger partial charge in [0.25, 0.3) is 18.9 Å². The summed E-state index contributed by atoms with van der Waals surface area (Å²) in [6, 6.07) is 0. The van der Waals surface area contributed by atoms with Gasteiger partial charge in [-0.3, -0.25) is 41.4 Å². The van der Waals surface area contributed by atoms with Crippen LogP contribution in [-0.4, -0.2) is 237 Å². The van der Waals surface area contributed by atoms with Crippen LogP contribution in [0, 0.1) is 11.6 Å². The molecule has 6 fully saturated rings. The molecule has 0 aromatic carbocycles. The van der Waals surface area contributed by atoms with Crippen LogP contribution in [0.3, 0.4) is 0 Å². The van der Waals surface area contributed by atoms with Crippen LogP contribution in [0.2, 0.25) is 0 Å². The van der Waals surface area contributed by atoms with Crippen molar-refractivity contribution >= 4 is 109 Å². The smallest absolute Gasteiger partial charge is 1.00 e. The van der Waals surface area contributed by atoms with E-state index in [1.165, 1.54) is 50.2 Å². The van der Waals surface area contributed by atoms with Gasteiger partial charge in [0.2, 0.25) is 0 Å². The number of aliphatic hydroxyl groups excluding tert-OH is 2. The summed E-state index contributed by atoms with van der Waals surface area (Å²) in [5.74, 6) is -2.03. The second-order valence-electron chi connectivity index (χ2n) is 23.5. The molecular weight excluding hydrogens is 1560 g/mol. The topological polar surface area (TPSA) is 513 Å². The van der Waals surface area contributed by atoms with Crippen LogP contribution in [0.1, 0.15) is 69.3 Å². The maximum atomic E-state index is 16.0. The minimum atomic E-state index is -5.42. The molecule has 6 aliphatic rings. The predicted octanol–water partition coefficient (Wildman–Crippen LogP) is -3.44. The zero-order valence-corrected chi connectivity index (χ0v) is 66.8. The number of fused-ring (bicyclic) bond motifs is 10. The number of alkyl halides is 2. The number of nitrogens with two attached hydrogens (primary N) is 2. The quantitative estimate of drug-likeness (QED) is 0.0286. The third kappa shape index (κ3) is 18.6. The predicted molar refractivity (Wildman–Crippen MR) is 359 cm³/mol. The van der Waals surface area contributed by atoms with Crippen molar-refractivity contribution in [2.24, 2.45) is 0 Å². The zero-order chi connectivity index (χ0) is 75.1. The molecule has 0 amide bonds. The van der Waals surface area contributed by atoms with Crippen molar-refractivity contribution in [2.75, 3.05) is 77.2 Å². The summed E-state index contributed by atoms with van der Waals surface area (Å²) in [5.41, 5.74) is 9.89. The van der Waals surface area contributed by atoms with Crippen LogP contribution in [-0.2, 0) is 92.9 Å². The van der Waals surface area contributed by atoms with Crippen LogP contribution in [0.25, 0.3) is 44.4 Å². The number of nitrogen functional groups attached to an aromatic ring is 2. The molecule has 0 spiro atoms. The molecule has 10 N–H and O–H groups in total. The van der Waals surface area contributed by atoms with Gasteiger partial charge in [-0.05, 0) is 51.1 Å². The van der Waals surface area contributed by atoms with Crippen molar-refractivity contribution in [3.8, 4) is 0 Å². The SMILES string of the molecule is CCN(CC)CC.CCN(CC)CC.Nc1ncnc2c1ncn2[C@@H]1O[C@@H]2COP(=O)(O)O[C@@H]3[C@H](O)[C@@H](COP(O)(=S)O[C@H]2[C@H]1F)O[C@H]3n1cc(F)c2c(=O)[nH]cnc21.Nc1ncnc2c1ncn2[C@@H]1O[C@@H]2COP(=O)([O-])O[C@@H]3[C@H](O)[C@@H](COP(=O)([S-])O[C@H]2[C@H]1F)O[C@H]3n1cc(F)c2c(=O)[nH]cnc21.[H-].[H-].[Na+].[Na+]. The maximum absolute atomic E-state index is 16.0.